The average Bonchev–Trinajstić information content (AvgIpc) is 2.27. The van der Waals surface area contributed by atoms with Gasteiger partial charge in [0.1, 0.15) is 0 Å². The van der Waals surface area contributed by atoms with Crippen LogP contribution in [0.4, 0.5) is 30.7 Å². The molecule has 0 radical (unpaired) electrons. The third-order valence-corrected chi connectivity index (χ3v) is 2.34. The fourth-order valence-electron chi connectivity index (χ4n) is 1.23. The second-order valence-corrected chi connectivity index (χ2v) is 3.88. The maximum absolute atomic E-state index is 12.8. The van der Waals surface area contributed by atoms with E-state index in [-0.39, 0.29) is 13.0 Å². The van der Waals surface area contributed by atoms with Crippen LogP contribution in [-0.2, 0) is 0 Å². The van der Waals surface area contributed by atoms with Crippen LogP contribution in [0.1, 0.15) is 25.7 Å². The van der Waals surface area contributed by atoms with Gasteiger partial charge in [0.15, 0.2) is 0 Å². The minimum absolute atomic E-state index is 0.00118. The molecule has 0 aromatic heterocycles. The van der Waals surface area contributed by atoms with E-state index < -0.39 is 31.4 Å². The third kappa shape index (κ3) is 5.41. The number of alkyl halides is 7. The van der Waals surface area contributed by atoms with Gasteiger partial charge in [-0.05, 0) is 32.4 Å². The maximum atomic E-state index is 12.8. The van der Waals surface area contributed by atoms with Gasteiger partial charge >= 0.3 is 18.3 Å². The minimum atomic E-state index is -5.30. The molecular weight excluding hydrogens is 267 g/mol. The van der Waals surface area contributed by atoms with E-state index in [0.717, 1.165) is 0 Å². The van der Waals surface area contributed by atoms with Crippen molar-refractivity contribution in [1.82, 2.24) is 5.32 Å². The highest BCUT2D eigenvalue weighted by Gasteiger charge is 2.61. The van der Waals surface area contributed by atoms with Crippen molar-refractivity contribution in [3.63, 3.8) is 0 Å². The topological polar surface area (TPSA) is 12.0 Å². The molecule has 1 N–H and O–H groups in total. The smallest absolute Gasteiger partial charge is 0.317 e. The molecule has 110 valence electrons. The Kier molecular flexibility index (Phi) is 7.58. The second-order valence-electron chi connectivity index (χ2n) is 3.88. The highest BCUT2D eigenvalue weighted by atomic mass is 19.3. The van der Waals surface area contributed by atoms with Gasteiger partial charge in [0, 0.05) is 6.42 Å². The summed E-state index contributed by atoms with van der Waals surface area (Å²) in [4.78, 5) is 0. The van der Waals surface area contributed by atoms with Gasteiger partial charge in [0.25, 0.3) is 0 Å². The van der Waals surface area contributed by atoms with Gasteiger partial charge in [0.2, 0.25) is 0 Å². The lowest BCUT2D eigenvalue weighted by molar-refractivity contribution is -0.266. The first-order chi connectivity index (χ1) is 8.25. The van der Waals surface area contributed by atoms with E-state index in [2.05, 4.69) is 5.32 Å². The van der Waals surface area contributed by atoms with Crippen molar-refractivity contribution in [2.45, 2.75) is 44.0 Å². The number of hydrogen-bond donors (Lipinski definition) is 1. The SMILES string of the molecule is FCCCCNCCCC(F)(F)C(F)(F)C(F)F. The number of halogens is 7. The van der Waals surface area contributed by atoms with Crippen LogP contribution in [0.15, 0.2) is 0 Å². The van der Waals surface area contributed by atoms with Gasteiger partial charge in [-0.25, -0.2) is 8.78 Å². The Morgan fingerprint density at radius 1 is 0.889 bits per heavy atom. The number of rotatable bonds is 10. The highest BCUT2D eigenvalue weighted by molar-refractivity contribution is 4.86. The monoisotopic (exact) mass is 283 g/mol. The molecule has 0 fully saturated rings. The molecule has 0 heterocycles. The van der Waals surface area contributed by atoms with Gasteiger partial charge < -0.3 is 5.32 Å². The zero-order valence-corrected chi connectivity index (χ0v) is 9.67. The van der Waals surface area contributed by atoms with Crippen LogP contribution in [0, 0.1) is 0 Å². The number of hydrogen-bond acceptors (Lipinski definition) is 1. The average molecular weight is 283 g/mol. The van der Waals surface area contributed by atoms with Crippen LogP contribution in [0.2, 0.25) is 0 Å². The fourth-order valence-corrected chi connectivity index (χ4v) is 1.23. The molecular formula is C10H16F7N. The first-order valence-electron chi connectivity index (χ1n) is 5.56. The summed E-state index contributed by atoms with van der Waals surface area (Å²) in [5, 5.41) is 2.64. The molecule has 0 saturated carbocycles. The summed E-state index contributed by atoms with van der Waals surface area (Å²) in [5.41, 5.74) is 0. The molecule has 0 saturated heterocycles. The van der Waals surface area contributed by atoms with Crippen LogP contribution in [0.5, 0.6) is 0 Å². The van der Waals surface area contributed by atoms with Crippen LogP contribution < -0.4 is 5.32 Å². The lowest BCUT2D eigenvalue weighted by Crippen LogP contribution is -2.46. The van der Waals surface area contributed by atoms with E-state index in [1.54, 1.807) is 0 Å². The third-order valence-electron chi connectivity index (χ3n) is 2.34. The van der Waals surface area contributed by atoms with E-state index in [1.807, 2.05) is 0 Å². The molecule has 0 unspecified atom stereocenters. The van der Waals surface area contributed by atoms with Gasteiger partial charge in [0.05, 0.1) is 6.67 Å². The zero-order chi connectivity index (χ0) is 14.2. The predicted octanol–water partition coefficient (Wildman–Crippen LogP) is 3.64. The Morgan fingerprint density at radius 2 is 1.44 bits per heavy atom. The van der Waals surface area contributed by atoms with Crippen molar-refractivity contribution >= 4 is 0 Å². The summed E-state index contributed by atoms with van der Waals surface area (Å²) in [7, 11) is 0. The summed E-state index contributed by atoms with van der Waals surface area (Å²) in [6.07, 6.45) is -5.23. The number of unbranched alkanes of at least 4 members (excludes halogenated alkanes) is 1. The van der Waals surface area contributed by atoms with Gasteiger partial charge in [-0.15, -0.1) is 0 Å². The predicted molar refractivity (Wildman–Crippen MR) is 53.2 cm³/mol. The van der Waals surface area contributed by atoms with Crippen molar-refractivity contribution < 1.29 is 30.7 Å². The van der Waals surface area contributed by atoms with E-state index in [0.29, 0.717) is 19.4 Å². The highest BCUT2D eigenvalue weighted by Crippen LogP contribution is 2.41. The van der Waals surface area contributed by atoms with E-state index >= 15 is 0 Å². The van der Waals surface area contributed by atoms with E-state index in [1.165, 1.54) is 0 Å². The Labute approximate surface area is 101 Å². The molecule has 1 nitrogen and oxygen atoms in total. The molecule has 0 amide bonds. The first kappa shape index (κ1) is 17.5. The van der Waals surface area contributed by atoms with Gasteiger partial charge in [-0.1, -0.05) is 0 Å². The Morgan fingerprint density at radius 3 is 1.94 bits per heavy atom. The van der Waals surface area contributed by atoms with Crippen LogP contribution in [0.3, 0.4) is 0 Å². The molecule has 18 heavy (non-hydrogen) atoms. The lowest BCUT2D eigenvalue weighted by atomic mass is 10.1. The van der Waals surface area contributed by atoms with Crippen molar-refractivity contribution in [2.75, 3.05) is 19.8 Å². The van der Waals surface area contributed by atoms with Crippen LogP contribution >= 0.6 is 0 Å². The zero-order valence-electron chi connectivity index (χ0n) is 9.67. The van der Waals surface area contributed by atoms with E-state index in [4.69, 9.17) is 0 Å². The quantitative estimate of drug-likeness (QED) is 0.477. The van der Waals surface area contributed by atoms with Gasteiger partial charge in [-0.3, -0.25) is 4.39 Å². The number of nitrogens with one attached hydrogen (secondary N) is 1. The summed E-state index contributed by atoms with van der Waals surface area (Å²) in [6.45, 7) is -0.109. The van der Waals surface area contributed by atoms with Crippen molar-refractivity contribution in [3.05, 3.63) is 0 Å². The first-order valence-corrected chi connectivity index (χ1v) is 5.56. The second kappa shape index (κ2) is 7.81. The molecule has 0 aliphatic rings. The molecule has 0 aliphatic heterocycles. The molecule has 0 bridgehead atoms. The summed E-state index contributed by atoms with van der Waals surface area (Å²) >= 11 is 0. The maximum Gasteiger partial charge on any atom is 0.369 e. The molecule has 0 aromatic carbocycles. The Hall–Kier alpha value is -0.530. The van der Waals surface area contributed by atoms with E-state index in [9.17, 15) is 30.7 Å². The summed E-state index contributed by atoms with van der Waals surface area (Å²) in [6, 6.07) is 0. The molecule has 8 heteroatoms. The van der Waals surface area contributed by atoms with Crippen LogP contribution in [0.25, 0.3) is 0 Å². The van der Waals surface area contributed by atoms with Crippen LogP contribution in [-0.4, -0.2) is 38.0 Å². The molecule has 0 aliphatic carbocycles. The Balaban J connectivity index is 3.84. The van der Waals surface area contributed by atoms with Crippen molar-refractivity contribution in [3.8, 4) is 0 Å². The fraction of sp³-hybridized carbons (Fsp3) is 1.00. The largest absolute Gasteiger partial charge is 0.369 e. The Bertz CT molecular complexity index is 220. The summed E-state index contributed by atoms with van der Waals surface area (Å²) in [5.74, 6) is -10.0. The van der Waals surface area contributed by atoms with Crippen molar-refractivity contribution in [2.24, 2.45) is 0 Å². The normalized spacial score (nSPS) is 13.3. The molecule has 0 spiro atoms. The molecule has 0 rings (SSSR count). The minimum Gasteiger partial charge on any atom is -0.317 e. The summed E-state index contributed by atoms with van der Waals surface area (Å²) < 4.78 is 85.6. The molecule has 0 aromatic rings. The standard InChI is InChI=1S/C10H16F7N/c11-5-1-2-6-18-7-3-4-9(14,15)10(16,17)8(12)13/h8,18H,1-7H2. The van der Waals surface area contributed by atoms with Gasteiger partial charge in [-0.2, -0.15) is 17.6 Å². The molecule has 0 atom stereocenters. The lowest BCUT2D eigenvalue weighted by Gasteiger charge is -2.25. The van der Waals surface area contributed by atoms with Crippen molar-refractivity contribution in [1.29, 1.82) is 0 Å².